The Morgan fingerprint density at radius 1 is 1.11 bits per heavy atom. The maximum absolute atomic E-state index is 13.1. The van der Waals surface area contributed by atoms with Gasteiger partial charge < -0.3 is 24.0 Å². The molecule has 1 aliphatic heterocycles. The SMILES string of the molecule is COc1ccc(O[C@H](C)C(=O)N2C[C@H](C(=O)N(C)C)Oc3ccccc32)cc1. The van der Waals surface area contributed by atoms with Crippen molar-refractivity contribution in [2.24, 2.45) is 0 Å². The van der Waals surface area contributed by atoms with Crippen LogP contribution in [-0.2, 0) is 9.59 Å². The third-order valence-corrected chi connectivity index (χ3v) is 4.48. The summed E-state index contributed by atoms with van der Waals surface area (Å²) in [5.74, 6) is 1.32. The van der Waals surface area contributed by atoms with E-state index in [1.807, 2.05) is 6.07 Å². The second-order valence-electron chi connectivity index (χ2n) is 6.69. The Morgan fingerprint density at radius 3 is 2.39 bits per heavy atom. The summed E-state index contributed by atoms with van der Waals surface area (Å²) in [5.41, 5.74) is 0.625. The van der Waals surface area contributed by atoms with Crippen molar-refractivity contribution in [3.63, 3.8) is 0 Å². The molecule has 0 N–H and O–H groups in total. The number of nitrogens with zero attached hydrogens (tertiary/aromatic N) is 2. The van der Waals surface area contributed by atoms with E-state index in [1.54, 1.807) is 75.5 Å². The molecule has 3 rings (SSSR count). The van der Waals surface area contributed by atoms with Crippen molar-refractivity contribution in [1.82, 2.24) is 4.90 Å². The molecule has 0 saturated heterocycles. The molecule has 7 heteroatoms. The lowest BCUT2D eigenvalue weighted by Gasteiger charge is -2.36. The zero-order valence-electron chi connectivity index (χ0n) is 16.4. The van der Waals surface area contributed by atoms with E-state index in [0.29, 0.717) is 22.9 Å². The van der Waals surface area contributed by atoms with E-state index in [1.165, 1.54) is 4.90 Å². The molecule has 1 aliphatic rings. The highest BCUT2D eigenvalue weighted by Gasteiger charge is 2.36. The molecule has 148 valence electrons. The molecule has 1 heterocycles. The van der Waals surface area contributed by atoms with Crippen molar-refractivity contribution < 1.29 is 23.8 Å². The van der Waals surface area contributed by atoms with E-state index >= 15 is 0 Å². The molecule has 0 aliphatic carbocycles. The second-order valence-corrected chi connectivity index (χ2v) is 6.69. The van der Waals surface area contributed by atoms with Gasteiger partial charge in [-0.05, 0) is 43.3 Å². The summed E-state index contributed by atoms with van der Waals surface area (Å²) in [6.45, 7) is 1.82. The number of rotatable bonds is 5. The molecule has 0 aromatic heterocycles. The first kappa shape index (κ1) is 19.5. The Bertz CT molecular complexity index is 850. The number of amides is 2. The first-order valence-corrected chi connectivity index (χ1v) is 8.99. The molecule has 0 saturated carbocycles. The van der Waals surface area contributed by atoms with Gasteiger partial charge in [-0.25, -0.2) is 0 Å². The Kier molecular flexibility index (Phi) is 5.73. The van der Waals surface area contributed by atoms with Crippen LogP contribution in [0.15, 0.2) is 48.5 Å². The van der Waals surface area contributed by atoms with Gasteiger partial charge in [-0.3, -0.25) is 9.59 Å². The van der Waals surface area contributed by atoms with E-state index < -0.39 is 12.2 Å². The van der Waals surface area contributed by atoms with Gasteiger partial charge in [-0.2, -0.15) is 0 Å². The molecule has 2 amide bonds. The highest BCUT2D eigenvalue weighted by Crippen LogP contribution is 2.34. The summed E-state index contributed by atoms with van der Waals surface area (Å²) < 4.78 is 16.8. The fraction of sp³-hybridized carbons (Fsp3) is 0.333. The van der Waals surface area contributed by atoms with E-state index in [4.69, 9.17) is 14.2 Å². The van der Waals surface area contributed by atoms with Crippen molar-refractivity contribution in [2.75, 3.05) is 32.6 Å². The normalized spacial score (nSPS) is 16.4. The molecule has 2 atom stereocenters. The number of ether oxygens (including phenoxy) is 3. The summed E-state index contributed by atoms with van der Waals surface area (Å²) in [6.07, 6.45) is -1.50. The summed E-state index contributed by atoms with van der Waals surface area (Å²) >= 11 is 0. The summed E-state index contributed by atoms with van der Waals surface area (Å²) in [6, 6.07) is 14.2. The predicted molar refractivity (Wildman–Crippen MR) is 105 cm³/mol. The van der Waals surface area contributed by atoms with E-state index in [9.17, 15) is 9.59 Å². The monoisotopic (exact) mass is 384 g/mol. The molecule has 0 bridgehead atoms. The molecule has 2 aromatic rings. The number of hydrogen-bond donors (Lipinski definition) is 0. The number of anilines is 1. The first-order valence-electron chi connectivity index (χ1n) is 8.99. The van der Waals surface area contributed by atoms with Gasteiger partial charge in [0.05, 0.1) is 19.3 Å². The van der Waals surface area contributed by atoms with Crippen molar-refractivity contribution in [1.29, 1.82) is 0 Å². The number of fused-ring (bicyclic) bond motifs is 1. The largest absolute Gasteiger partial charge is 0.497 e. The number of hydrogen-bond acceptors (Lipinski definition) is 5. The average Bonchev–Trinajstić information content (AvgIpc) is 2.72. The van der Waals surface area contributed by atoms with Crippen LogP contribution >= 0.6 is 0 Å². The maximum atomic E-state index is 13.1. The summed E-state index contributed by atoms with van der Waals surface area (Å²) in [5, 5.41) is 0. The lowest BCUT2D eigenvalue weighted by molar-refractivity contribution is -0.136. The van der Waals surface area contributed by atoms with Crippen LogP contribution in [0.5, 0.6) is 17.2 Å². The third-order valence-electron chi connectivity index (χ3n) is 4.48. The van der Waals surface area contributed by atoms with Crippen molar-refractivity contribution in [2.45, 2.75) is 19.1 Å². The third kappa shape index (κ3) is 4.03. The van der Waals surface area contributed by atoms with Crippen molar-refractivity contribution in [3.8, 4) is 17.2 Å². The lowest BCUT2D eigenvalue weighted by atomic mass is 10.1. The second kappa shape index (κ2) is 8.21. The number of likely N-dealkylation sites (N-methyl/N-ethyl adjacent to an activating group) is 1. The number of benzene rings is 2. The van der Waals surface area contributed by atoms with Gasteiger partial charge in [0.2, 0.25) is 0 Å². The highest BCUT2D eigenvalue weighted by molar-refractivity contribution is 5.99. The molecule has 0 spiro atoms. The Morgan fingerprint density at radius 2 is 1.75 bits per heavy atom. The number of carbonyl (C=O) groups excluding carboxylic acids is 2. The summed E-state index contributed by atoms with van der Waals surface area (Å²) in [7, 11) is 4.91. The average molecular weight is 384 g/mol. The van der Waals surface area contributed by atoms with Gasteiger partial charge in [-0.1, -0.05) is 12.1 Å². The van der Waals surface area contributed by atoms with Gasteiger partial charge in [0.1, 0.15) is 17.2 Å². The Balaban J connectivity index is 1.80. The maximum Gasteiger partial charge on any atom is 0.268 e. The number of methoxy groups -OCH3 is 1. The van der Waals surface area contributed by atoms with Crippen LogP contribution in [0.2, 0.25) is 0 Å². The van der Waals surface area contributed by atoms with Gasteiger partial charge in [-0.15, -0.1) is 0 Å². The van der Waals surface area contributed by atoms with Gasteiger partial charge in [0, 0.05) is 14.1 Å². The minimum atomic E-state index is -0.762. The van der Waals surface area contributed by atoms with Gasteiger partial charge in [0.25, 0.3) is 11.8 Å². The number of carbonyl (C=O) groups is 2. The molecule has 28 heavy (non-hydrogen) atoms. The quantitative estimate of drug-likeness (QED) is 0.792. The fourth-order valence-corrected chi connectivity index (χ4v) is 2.99. The smallest absolute Gasteiger partial charge is 0.268 e. The van der Waals surface area contributed by atoms with Crippen LogP contribution in [0.3, 0.4) is 0 Å². The van der Waals surface area contributed by atoms with E-state index in [2.05, 4.69) is 0 Å². The standard InChI is InChI=1S/C21H24N2O5/c1-14(27-16-11-9-15(26-4)10-12-16)20(24)23-13-19(21(25)22(2)3)28-18-8-6-5-7-17(18)23/h5-12,14,19H,13H2,1-4H3/t14-,19-/m1/s1. The fourth-order valence-electron chi connectivity index (χ4n) is 2.99. The number of para-hydroxylation sites is 2. The minimum absolute atomic E-state index is 0.128. The van der Waals surface area contributed by atoms with Gasteiger partial charge >= 0.3 is 0 Å². The summed E-state index contributed by atoms with van der Waals surface area (Å²) in [4.78, 5) is 28.6. The lowest BCUT2D eigenvalue weighted by Crippen LogP contribution is -2.52. The predicted octanol–water partition coefficient (Wildman–Crippen LogP) is 2.34. The molecular formula is C21H24N2O5. The highest BCUT2D eigenvalue weighted by atomic mass is 16.5. The molecule has 2 aromatic carbocycles. The molecule has 0 unspecified atom stereocenters. The topological polar surface area (TPSA) is 68.3 Å². The van der Waals surface area contributed by atoms with Crippen LogP contribution < -0.4 is 19.1 Å². The van der Waals surface area contributed by atoms with Gasteiger partial charge in [0.15, 0.2) is 12.2 Å². The molecular weight excluding hydrogens is 360 g/mol. The van der Waals surface area contributed by atoms with Crippen LogP contribution in [0, 0.1) is 0 Å². The van der Waals surface area contributed by atoms with Crippen molar-refractivity contribution >= 4 is 17.5 Å². The van der Waals surface area contributed by atoms with Crippen LogP contribution in [-0.4, -0.2) is 56.7 Å². The zero-order chi connectivity index (χ0) is 20.3. The minimum Gasteiger partial charge on any atom is -0.497 e. The Labute approximate surface area is 164 Å². The van der Waals surface area contributed by atoms with E-state index in [0.717, 1.165) is 0 Å². The molecule has 7 nitrogen and oxygen atoms in total. The van der Waals surface area contributed by atoms with Crippen molar-refractivity contribution in [3.05, 3.63) is 48.5 Å². The Hall–Kier alpha value is -3.22. The van der Waals surface area contributed by atoms with Crippen LogP contribution in [0.4, 0.5) is 5.69 Å². The molecule has 0 radical (unpaired) electrons. The zero-order valence-corrected chi connectivity index (χ0v) is 16.4. The van der Waals surface area contributed by atoms with Crippen LogP contribution in [0.25, 0.3) is 0 Å². The molecule has 0 fully saturated rings. The van der Waals surface area contributed by atoms with E-state index in [-0.39, 0.29) is 18.4 Å². The first-order chi connectivity index (χ1) is 13.4. The van der Waals surface area contributed by atoms with Crippen LogP contribution in [0.1, 0.15) is 6.92 Å².